The highest BCUT2D eigenvalue weighted by atomic mass is 35.5. The summed E-state index contributed by atoms with van der Waals surface area (Å²) in [6.07, 6.45) is 1.73. The lowest BCUT2D eigenvalue weighted by molar-refractivity contribution is 0.0694. The largest absolute Gasteiger partial charge is 0.477 e. The Morgan fingerprint density at radius 2 is 1.86 bits per heavy atom. The van der Waals surface area contributed by atoms with Crippen LogP contribution >= 0.6 is 11.6 Å². The molecule has 0 aliphatic rings. The van der Waals surface area contributed by atoms with Crippen LogP contribution in [0.2, 0.25) is 5.02 Å². The van der Waals surface area contributed by atoms with Gasteiger partial charge in [-0.15, -0.1) is 0 Å². The molecule has 0 aliphatic carbocycles. The van der Waals surface area contributed by atoms with Crippen molar-refractivity contribution >= 4 is 17.6 Å². The average Bonchev–Trinajstić information content (AvgIpc) is 2.46. The zero-order chi connectivity index (χ0) is 15.4. The molecule has 0 atom stereocenters. The normalized spacial score (nSPS) is 10.6. The summed E-state index contributed by atoms with van der Waals surface area (Å²) >= 11 is 5.87. The van der Waals surface area contributed by atoms with E-state index in [1.165, 1.54) is 10.6 Å². The van der Waals surface area contributed by atoms with Crippen molar-refractivity contribution in [2.75, 3.05) is 0 Å². The van der Waals surface area contributed by atoms with Gasteiger partial charge in [0.25, 0.3) is 5.56 Å². The molecule has 0 bridgehead atoms. The van der Waals surface area contributed by atoms with E-state index in [4.69, 9.17) is 16.7 Å². The third-order valence-corrected chi connectivity index (χ3v) is 3.53. The van der Waals surface area contributed by atoms with E-state index in [1.807, 2.05) is 19.1 Å². The Bertz CT molecular complexity index is 704. The molecule has 0 fully saturated rings. The fourth-order valence-corrected chi connectivity index (χ4v) is 2.28. The summed E-state index contributed by atoms with van der Waals surface area (Å²) in [5.41, 5.74) is 0.867. The number of nitrogens with zero attached hydrogens (tertiary/aromatic N) is 1. The molecule has 0 spiro atoms. The van der Waals surface area contributed by atoms with Crippen LogP contribution < -0.4 is 5.56 Å². The molecule has 110 valence electrons. The average molecular weight is 306 g/mol. The van der Waals surface area contributed by atoms with Gasteiger partial charge in [0.1, 0.15) is 5.56 Å². The number of carboxylic acids is 1. The number of pyridine rings is 1. The molecule has 1 aromatic carbocycles. The molecule has 2 rings (SSSR count). The fraction of sp³-hybridized carbons (Fsp3) is 0.250. The van der Waals surface area contributed by atoms with Crippen LogP contribution in [0.3, 0.4) is 0 Å². The van der Waals surface area contributed by atoms with Crippen LogP contribution in [0, 0.1) is 0 Å². The summed E-state index contributed by atoms with van der Waals surface area (Å²) in [5, 5.41) is 9.70. The van der Waals surface area contributed by atoms with Gasteiger partial charge in [0.2, 0.25) is 0 Å². The second-order valence-electron chi connectivity index (χ2n) is 4.75. The van der Waals surface area contributed by atoms with Gasteiger partial charge in [0, 0.05) is 11.6 Å². The Hall–Kier alpha value is -2.07. The molecule has 1 heterocycles. The van der Waals surface area contributed by atoms with E-state index in [0.29, 0.717) is 17.3 Å². The van der Waals surface area contributed by atoms with E-state index in [1.54, 1.807) is 18.2 Å². The van der Waals surface area contributed by atoms with Crippen LogP contribution in [-0.4, -0.2) is 15.6 Å². The topological polar surface area (TPSA) is 59.3 Å². The lowest BCUT2D eigenvalue weighted by atomic mass is 10.1. The molecule has 21 heavy (non-hydrogen) atoms. The molecular weight excluding hydrogens is 290 g/mol. The predicted octanol–water partition coefficient (Wildman–Crippen LogP) is 3.67. The van der Waals surface area contributed by atoms with Crippen molar-refractivity contribution in [1.29, 1.82) is 0 Å². The number of carbonyl (C=O) groups is 1. The van der Waals surface area contributed by atoms with Gasteiger partial charge in [0.05, 0.1) is 5.69 Å². The first kappa shape index (κ1) is 15.3. The summed E-state index contributed by atoms with van der Waals surface area (Å²) < 4.78 is 1.52. The van der Waals surface area contributed by atoms with E-state index < -0.39 is 11.5 Å². The van der Waals surface area contributed by atoms with E-state index >= 15 is 0 Å². The molecule has 0 aliphatic heterocycles. The number of hydrogen-bond acceptors (Lipinski definition) is 2. The van der Waals surface area contributed by atoms with Gasteiger partial charge in [-0.25, -0.2) is 4.79 Å². The van der Waals surface area contributed by atoms with E-state index in [-0.39, 0.29) is 5.56 Å². The highest BCUT2D eigenvalue weighted by Crippen LogP contribution is 2.21. The van der Waals surface area contributed by atoms with Crippen molar-refractivity contribution in [2.24, 2.45) is 0 Å². The molecule has 0 amide bonds. The Morgan fingerprint density at radius 1 is 1.19 bits per heavy atom. The number of benzene rings is 1. The lowest BCUT2D eigenvalue weighted by Crippen LogP contribution is -2.27. The van der Waals surface area contributed by atoms with Crippen molar-refractivity contribution in [3.63, 3.8) is 0 Å². The molecule has 1 aromatic heterocycles. The summed E-state index contributed by atoms with van der Waals surface area (Å²) in [7, 11) is 0. The number of aromatic nitrogens is 1. The number of hydrogen-bond donors (Lipinski definition) is 1. The molecule has 2 aromatic rings. The minimum Gasteiger partial charge on any atom is -0.477 e. The predicted molar refractivity (Wildman–Crippen MR) is 83.0 cm³/mol. The summed E-state index contributed by atoms with van der Waals surface area (Å²) in [6.45, 7) is 2.52. The number of aromatic carboxylic acids is 1. The lowest BCUT2D eigenvalue weighted by Gasteiger charge is -2.13. The first-order valence-corrected chi connectivity index (χ1v) is 7.15. The van der Waals surface area contributed by atoms with Crippen LogP contribution in [0.25, 0.3) is 11.3 Å². The maximum atomic E-state index is 12.3. The van der Waals surface area contributed by atoms with Gasteiger partial charge < -0.3 is 9.67 Å². The van der Waals surface area contributed by atoms with Crippen molar-refractivity contribution in [3.8, 4) is 11.3 Å². The quantitative estimate of drug-likeness (QED) is 0.917. The summed E-state index contributed by atoms with van der Waals surface area (Å²) in [5.74, 6) is -1.20. The number of carboxylic acid groups (broad SMARTS) is 1. The summed E-state index contributed by atoms with van der Waals surface area (Å²) in [6, 6.07) is 10.2. The monoisotopic (exact) mass is 305 g/mol. The van der Waals surface area contributed by atoms with Crippen LogP contribution in [0.15, 0.2) is 41.2 Å². The van der Waals surface area contributed by atoms with Crippen LogP contribution in [0.1, 0.15) is 30.1 Å². The Labute approximate surface area is 127 Å². The maximum Gasteiger partial charge on any atom is 0.341 e. The van der Waals surface area contributed by atoms with Crippen molar-refractivity contribution in [3.05, 3.63) is 57.3 Å². The van der Waals surface area contributed by atoms with Gasteiger partial charge in [-0.2, -0.15) is 0 Å². The molecule has 0 unspecified atom stereocenters. The second-order valence-corrected chi connectivity index (χ2v) is 5.19. The van der Waals surface area contributed by atoms with Crippen molar-refractivity contribution < 1.29 is 9.90 Å². The number of unbranched alkanes of at least 4 members (excludes halogenated alkanes) is 1. The van der Waals surface area contributed by atoms with Gasteiger partial charge in [-0.05, 0) is 36.2 Å². The molecule has 1 N–H and O–H groups in total. The van der Waals surface area contributed by atoms with Crippen molar-refractivity contribution in [2.45, 2.75) is 26.3 Å². The third-order valence-electron chi connectivity index (χ3n) is 3.28. The standard InChI is InChI=1S/C16H16ClNO3/c1-2-3-10-18-14(11-4-6-12(17)7-5-11)9-8-13(15(18)19)16(20)21/h4-9H,2-3,10H2,1H3,(H,20,21). The molecule has 0 saturated carbocycles. The first-order valence-electron chi connectivity index (χ1n) is 6.77. The second kappa shape index (κ2) is 6.59. The van der Waals surface area contributed by atoms with Crippen LogP contribution in [-0.2, 0) is 6.54 Å². The Kier molecular flexibility index (Phi) is 4.81. The highest BCUT2D eigenvalue weighted by Gasteiger charge is 2.14. The summed E-state index contributed by atoms with van der Waals surface area (Å²) in [4.78, 5) is 23.4. The minimum absolute atomic E-state index is 0.205. The van der Waals surface area contributed by atoms with Crippen LogP contribution in [0.4, 0.5) is 0 Å². The van der Waals surface area contributed by atoms with Crippen LogP contribution in [0.5, 0.6) is 0 Å². The highest BCUT2D eigenvalue weighted by molar-refractivity contribution is 6.30. The Balaban J connectivity index is 2.59. The van der Waals surface area contributed by atoms with Gasteiger partial charge >= 0.3 is 5.97 Å². The zero-order valence-corrected chi connectivity index (χ0v) is 12.4. The van der Waals surface area contributed by atoms with Gasteiger partial charge in [-0.3, -0.25) is 4.79 Å². The van der Waals surface area contributed by atoms with Crippen molar-refractivity contribution in [1.82, 2.24) is 4.57 Å². The molecule has 0 radical (unpaired) electrons. The van der Waals surface area contributed by atoms with Gasteiger partial charge in [0.15, 0.2) is 0 Å². The third kappa shape index (κ3) is 3.34. The zero-order valence-electron chi connectivity index (χ0n) is 11.7. The van der Waals surface area contributed by atoms with Gasteiger partial charge in [-0.1, -0.05) is 37.1 Å². The molecule has 5 heteroatoms. The molecule has 0 saturated heterocycles. The Morgan fingerprint density at radius 3 is 2.43 bits per heavy atom. The van der Waals surface area contributed by atoms with E-state index in [2.05, 4.69) is 0 Å². The maximum absolute atomic E-state index is 12.3. The molecular formula is C16H16ClNO3. The van der Waals surface area contributed by atoms with E-state index in [0.717, 1.165) is 18.4 Å². The molecule has 4 nitrogen and oxygen atoms in total. The number of halogens is 1. The van der Waals surface area contributed by atoms with E-state index in [9.17, 15) is 9.59 Å². The minimum atomic E-state index is -1.20. The number of rotatable bonds is 5. The fourth-order valence-electron chi connectivity index (χ4n) is 2.15. The first-order chi connectivity index (χ1) is 10.0. The SMILES string of the molecule is CCCCn1c(-c2ccc(Cl)cc2)ccc(C(=O)O)c1=O. The smallest absolute Gasteiger partial charge is 0.341 e.